The van der Waals surface area contributed by atoms with Crippen LogP contribution in [-0.4, -0.2) is 18.5 Å². The zero-order chi connectivity index (χ0) is 14.9. The molecular weight excluding hydrogens is 272 g/mol. The maximum atomic E-state index is 13.2. The summed E-state index contributed by atoms with van der Waals surface area (Å²) in [5.41, 5.74) is 1.25. The van der Waals surface area contributed by atoms with E-state index in [2.05, 4.69) is 37.3 Å². The maximum absolute atomic E-state index is 13.2. The third-order valence-corrected chi connectivity index (χ3v) is 8.63. The second-order valence-corrected chi connectivity index (χ2v) is 8.78. The number of hydrogen-bond acceptors (Lipinski definition) is 2. The smallest absolute Gasteiger partial charge is 0.145 e. The minimum absolute atomic E-state index is 0.0763. The van der Waals surface area contributed by atoms with Crippen LogP contribution >= 0.6 is 0 Å². The Morgan fingerprint density at radius 3 is 2.68 bits per heavy atom. The van der Waals surface area contributed by atoms with Crippen LogP contribution in [0.4, 0.5) is 0 Å². The van der Waals surface area contributed by atoms with Crippen LogP contribution in [0.5, 0.6) is 0 Å². The van der Waals surface area contributed by atoms with Gasteiger partial charge < -0.3 is 4.74 Å². The van der Waals surface area contributed by atoms with Crippen molar-refractivity contribution in [3.8, 4) is 0 Å². The molecule has 6 bridgehead atoms. The lowest BCUT2D eigenvalue weighted by molar-refractivity contribution is -0.169. The largest absolute Gasteiger partial charge is 0.377 e. The van der Waals surface area contributed by atoms with Crippen LogP contribution in [0, 0.1) is 35.0 Å². The molecule has 22 heavy (non-hydrogen) atoms. The standard InChI is InChI=1S/C20H22O2/c1-18-10-19(12-6-4-3-5-7-12)14-11-8-13(15(14)18)16(17(18)21)20(19,9-11)22-2/h3-7,11,13-16H,8-10H2,1-2H3/t11-,13-,14+,15-,16-,18+,19+,20+/m0/s1. The van der Waals surface area contributed by atoms with Crippen molar-refractivity contribution in [2.75, 3.05) is 7.11 Å². The molecule has 0 amide bonds. The molecule has 0 aromatic heterocycles. The summed E-state index contributed by atoms with van der Waals surface area (Å²) in [6, 6.07) is 11.0. The Balaban J connectivity index is 1.71. The summed E-state index contributed by atoms with van der Waals surface area (Å²) >= 11 is 0. The number of fused-ring (bicyclic) bond motifs is 1. The van der Waals surface area contributed by atoms with Crippen molar-refractivity contribution in [1.82, 2.24) is 0 Å². The summed E-state index contributed by atoms with van der Waals surface area (Å²) in [6.07, 6.45) is 3.42. The maximum Gasteiger partial charge on any atom is 0.145 e. The van der Waals surface area contributed by atoms with Crippen LogP contribution in [-0.2, 0) is 14.9 Å². The molecule has 5 aliphatic carbocycles. The van der Waals surface area contributed by atoms with Crippen molar-refractivity contribution < 1.29 is 9.53 Å². The first-order chi connectivity index (χ1) is 10.6. The summed E-state index contributed by atoms with van der Waals surface area (Å²) in [5.74, 6) is 3.39. The van der Waals surface area contributed by atoms with Gasteiger partial charge in [0.05, 0.1) is 11.5 Å². The van der Waals surface area contributed by atoms with E-state index in [1.54, 1.807) is 0 Å². The zero-order valence-electron chi connectivity index (χ0n) is 13.2. The molecule has 114 valence electrons. The average molecular weight is 294 g/mol. The lowest BCUT2D eigenvalue weighted by Crippen LogP contribution is -2.63. The number of Topliss-reactive ketones (excluding diaryl/α,β-unsaturated/α-hetero) is 1. The second kappa shape index (κ2) is 3.21. The van der Waals surface area contributed by atoms with Crippen LogP contribution in [0.1, 0.15) is 31.7 Å². The van der Waals surface area contributed by atoms with Gasteiger partial charge in [-0.25, -0.2) is 0 Å². The normalized spacial score (nSPS) is 59.2. The van der Waals surface area contributed by atoms with E-state index in [1.165, 1.54) is 12.0 Å². The highest BCUT2D eigenvalue weighted by Gasteiger charge is 2.90. The predicted octanol–water partition coefficient (Wildman–Crippen LogP) is 3.20. The van der Waals surface area contributed by atoms with Crippen molar-refractivity contribution in [3.63, 3.8) is 0 Å². The Kier molecular flexibility index (Phi) is 1.80. The third-order valence-electron chi connectivity index (χ3n) is 8.63. The lowest BCUT2D eigenvalue weighted by Gasteiger charge is -2.55. The molecule has 0 unspecified atom stereocenters. The van der Waals surface area contributed by atoms with Gasteiger partial charge in [0, 0.05) is 17.9 Å². The molecule has 5 aliphatic rings. The summed E-state index contributed by atoms with van der Waals surface area (Å²) in [5, 5.41) is 0. The van der Waals surface area contributed by atoms with Gasteiger partial charge in [-0.2, -0.15) is 0 Å². The fourth-order valence-corrected chi connectivity index (χ4v) is 8.58. The van der Waals surface area contributed by atoms with Crippen LogP contribution in [0.15, 0.2) is 30.3 Å². The van der Waals surface area contributed by atoms with E-state index < -0.39 is 0 Å². The van der Waals surface area contributed by atoms with Gasteiger partial charge in [-0.15, -0.1) is 0 Å². The number of ketones is 1. The van der Waals surface area contributed by atoms with Gasteiger partial charge in [-0.1, -0.05) is 37.3 Å². The Bertz CT molecular complexity index is 712. The molecule has 5 fully saturated rings. The van der Waals surface area contributed by atoms with Gasteiger partial charge in [0.15, 0.2) is 0 Å². The summed E-state index contributed by atoms with van der Waals surface area (Å²) in [4.78, 5) is 13.2. The first-order valence-electron chi connectivity index (χ1n) is 8.75. The highest BCUT2D eigenvalue weighted by Crippen LogP contribution is 2.87. The molecule has 5 saturated carbocycles. The van der Waals surface area contributed by atoms with Gasteiger partial charge in [0.2, 0.25) is 0 Å². The number of benzene rings is 1. The van der Waals surface area contributed by atoms with Gasteiger partial charge in [0.1, 0.15) is 5.78 Å². The molecule has 0 heterocycles. The number of rotatable bonds is 2. The van der Waals surface area contributed by atoms with Gasteiger partial charge >= 0.3 is 0 Å². The molecule has 2 heteroatoms. The fraction of sp³-hybridized carbons (Fsp3) is 0.650. The number of methoxy groups -OCH3 is 1. The van der Waals surface area contributed by atoms with Crippen molar-refractivity contribution in [2.45, 2.75) is 37.2 Å². The van der Waals surface area contributed by atoms with E-state index >= 15 is 0 Å². The second-order valence-electron chi connectivity index (χ2n) is 8.78. The number of carbonyl (C=O) groups excluding carboxylic acids is 1. The molecule has 0 saturated heterocycles. The first-order valence-corrected chi connectivity index (χ1v) is 8.75. The Morgan fingerprint density at radius 2 is 1.95 bits per heavy atom. The Morgan fingerprint density at radius 1 is 1.18 bits per heavy atom. The molecule has 6 rings (SSSR count). The topological polar surface area (TPSA) is 26.3 Å². The van der Waals surface area contributed by atoms with Crippen LogP contribution < -0.4 is 0 Å². The van der Waals surface area contributed by atoms with E-state index in [4.69, 9.17) is 4.74 Å². The summed E-state index contributed by atoms with van der Waals surface area (Å²) in [6.45, 7) is 2.28. The monoisotopic (exact) mass is 294 g/mol. The molecule has 0 radical (unpaired) electrons. The lowest BCUT2D eigenvalue weighted by atomic mass is 9.52. The molecule has 0 spiro atoms. The Labute approximate surface area is 131 Å². The number of carbonyl (C=O) groups is 1. The molecule has 0 aliphatic heterocycles. The van der Waals surface area contributed by atoms with Crippen molar-refractivity contribution >= 4 is 5.78 Å². The minimum Gasteiger partial charge on any atom is -0.377 e. The molecule has 0 N–H and O–H groups in total. The van der Waals surface area contributed by atoms with Crippen molar-refractivity contribution in [1.29, 1.82) is 0 Å². The van der Waals surface area contributed by atoms with Crippen molar-refractivity contribution in [3.05, 3.63) is 35.9 Å². The summed E-state index contributed by atoms with van der Waals surface area (Å²) < 4.78 is 6.30. The highest BCUT2D eigenvalue weighted by atomic mass is 16.5. The van der Waals surface area contributed by atoms with E-state index in [-0.39, 0.29) is 22.3 Å². The quantitative estimate of drug-likeness (QED) is 0.837. The van der Waals surface area contributed by atoms with E-state index in [9.17, 15) is 4.79 Å². The first kappa shape index (κ1) is 12.3. The molecule has 8 atom stereocenters. The SMILES string of the molecule is CO[C@@]12C[C@@H]3C[C@H]4[C@H]5[C@@H]3[C@]1(c1ccccc1)C[C@@]5(C)C(=O)[C@H]42. The van der Waals surface area contributed by atoms with Crippen LogP contribution in [0.3, 0.4) is 0 Å². The van der Waals surface area contributed by atoms with Crippen LogP contribution in [0.25, 0.3) is 0 Å². The van der Waals surface area contributed by atoms with Gasteiger partial charge in [0.25, 0.3) is 0 Å². The van der Waals surface area contributed by atoms with E-state index in [0.717, 1.165) is 18.8 Å². The molecule has 1 aromatic rings. The Hall–Kier alpha value is -1.15. The van der Waals surface area contributed by atoms with Crippen molar-refractivity contribution in [2.24, 2.45) is 35.0 Å². The highest BCUT2D eigenvalue weighted by molar-refractivity contribution is 5.95. The van der Waals surface area contributed by atoms with Gasteiger partial charge in [-0.05, 0) is 48.5 Å². The average Bonchev–Trinajstić information content (AvgIpc) is 3.12. The molecular formula is C20H22O2. The predicted molar refractivity (Wildman–Crippen MR) is 82.3 cm³/mol. The third kappa shape index (κ3) is 0.854. The molecule has 1 aromatic carbocycles. The molecule has 2 nitrogen and oxygen atoms in total. The van der Waals surface area contributed by atoms with E-state index in [1.807, 2.05) is 7.11 Å². The zero-order valence-corrected chi connectivity index (χ0v) is 13.2. The fourth-order valence-electron chi connectivity index (χ4n) is 8.58. The van der Waals surface area contributed by atoms with E-state index in [0.29, 0.717) is 23.5 Å². The number of ether oxygens (including phenoxy) is 1. The number of hydrogen-bond donors (Lipinski definition) is 0. The minimum atomic E-state index is -0.212. The van der Waals surface area contributed by atoms with Gasteiger partial charge in [-0.3, -0.25) is 4.79 Å². The van der Waals surface area contributed by atoms with Crippen LogP contribution in [0.2, 0.25) is 0 Å². The summed E-state index contributed by atoms with van der Waals surface area (Å²) in [7, 11) is 1.87.